The van der Waals surface area contributed by atoms with E-state index in [4.69, 9.17) is 11.6 Å². The summed E-state index contributed by atoms with van der Waals surface area (Å²) in [5, 5.41) is 11.3. The lowest BCUT2D eigenvalue weighted by Crippen LogP contribution is -2.36. The van der Waals surface area contributed by atoms with E-state index >= 15 is 0 Å². The fourth-order valence-electron chi connectivity index (χ4n) is 2.43. The maximum atomic E-state index is 13.4. The zero-order valence-corrected chi connectivity index (χ0v) is 18.1. The van der Waals surface area contributed by atoms with Crippen molar-refractivity contribution in [3.05, 3.63) is 52.2 Å². The molecule has 2 amide bonds. The largest absolute Gasteiger partial charge is 0.465 e. The number of halogens is 4. The maximum Gasteiger partial charge on any atom is 0.408 e. The number of amides is 2. The van der Waals surface area contributed by atoms with Crippen molar-refractivity contribution < 1.29 is 31.7 Å². The molecule has 170 valence electrons. The Balaban J connectivity index is 2.53. The zero-order valence-electron chi connectivity index (χ0n) is 16.5. The normalized spacial score (nSPS) is 12.8. The number of hydrogen-bond donors (Lipinski definition) is 2. The lowest BCUT2D eigenvalue weighted by Gasteiger charge is -2.16. The molecule has 1 aromatic heterocycles. The number of carbonyl (C=O) groups is 2. The van der Waals surface area contributed by atoms with Gasteiger partial charge in [0.05, 0.1) is 23.1 Å². The van der Waals surface area contributed by atoms with Gasteiger partial charge in [0.15, 0.2) is 15.7 Å². The van der Waals surface area contributed by atoms with Gasteiger partial charge in [-0.25, -0.2) is 27.9 Å². The van der Waals surface area contributed by atoms with Crippen molar-refractivity contribution in [1.29, 1.82) is 5.26 Å². The molecule has 0 aliphatic carbocycles. The second kappa shape index (κ2) is 9.84. The summed E-state index contributed by atoms with van der Waals surface area (Å²) in [6.07, 6.45) is -4.85. The molecular weight excluding hydrogens is 475 g/mol. The number of benzene rings is 1. The molecule has 1 heterocycles. The number of ether oxygens (including phenoxy) is 1. The van der Waals surface area contributed by atoms with Crippen LogP contribution in [0.4, 0.5) is 23.8 Å². The van der Waals surface area contributed by atoms with Gasteiger partial charge in [0.1, 0.15) is 17.8 Å². The van der Waals surface area contributed by atoms with Gasteiger partial charge in [-0.15, -0.1) is 0 Å². The van der Waals surface area contributed by atoms with E-state index in [9.17, 15) is 32.2 Å². The van der Waals surface area contributed by atoms with Gasteiger partial charge in [0, 0.05) is 0 Å². The van der Waals surface area contributed by atoms with Crippen molar-refractivity contribution in [1.82, 2.24) is 9.71 Å². The number of pyridine rings is 1. The maximum absolute atomic E-state index is 13.4. The van der Waals surface area contributed by atoms with Crippen LogP contribution in [0.25, 0.3) is 0 Å². The number of esters is 1. The highest BCUT2D eigenvalue weighted by Gasteiger charge is 2.30. The van der Waals surface area contributed by atoms with Crippen molar-refractivity contribution in [2.24, 2.45) is 4.36 Å². The van der Waals surface area contributed by atoms with E-state index in [-0.39, 0.29) is 22.1 Å². The summed E-state index contributed by atoms with van der Waals surface area (Å²) in [4.78, 5) is 27.8. The summed E-state index contributed by atoms with van der Waals surface area (Å²) in [6.45, 7) is -0.358. The SMILES string of the molecule is COC(=O)c1ccccc1S(=O)(=NCC(F)(F)F)NC(=O)Nc1nc(Cl)cc(C)c1C#N. The Morgan fingerprint density at radius 3 is 2.59 bits per heavy atom. The molecule has 1 unspecified atom stereocenters. The third-order valence-corrected chi connectivity index (χ3v) is 5.88. The molecule has 9 nitrogen and oxygen atoms in total. The van der Waals surface area contributed by atoms with E-state index in [0.29, 0.717) is 5.56 Å². The minimum absolute atomic E-state index is 0.0711. The molecule has 0 spiro atoms. The van der Waals surface area contributed by atoms with Crippen molar-refractivity contribution >= 4 is 39.3 Å². The Hall–Kier alpha value is -3.37. The van der Waals surface area contributed by atoms with Crippen LogP contribution < -0.4 is 10.0 Å². The number of nitrogens with one attached hydrogen (secondary N) is 2. The van der Waals surface area contributed by atoms with Crippen LogP contribution in [0.5, 0.6) is 0 Å². The number of carbonyl (C=O) groups excluding carboxylic acids is 2. The van der Waals surface area contributed by atoms with Gasteiger partial charge in [-0.05, 0) is 30.7 Å². The lowest BCUT2D eigenvalue weighted by atomic mass is 10.1. The van der Waals surface area contributed by atoms with E-state index < -0.39 is 39.5 Å². The van der Waals surface area contributed by atoms with Crippen LogP contribution in [0, 0.1) is 18.3 Å². The Bertz CT molecular complexity index is 1220. The monoisotopic (exact) mass is 489 g/mol. The predicted molar refractivity (Wildman–Crippen MR) is 108 cm³/mol. The molecule has 32 heavy (non-hydrogen) atoms. The molecule has 14 heteroatoms. The summed E-state index contributed by atoms with van der Waals surface area (Å²) in [7, 11) is -3.33. The molecule has 1 atom stereocenters. The van der Waals surface area contributed by atoms with Crippen LogP contribution >= 0.6 is 11.6 Å². The van der Waals surface area contributed by atoms with E-state index in [1.54, 1.807) is 6.07 Å². The Labute approximate surface area is 185 Å². The highest BCUT2D eigenvalue weighted by atomic mass is 35.5. The van der Waals surface area contributed by atoms with Crippen LogP contribution in [-0.2, 0) is 14.7 Å². The first kappa shape index (κ1) is 24.9. The number of hydrogen-bond acceptors (Lipinski definition) is 7. The number of aromatic nitrogens is 1. The number of methoxy groups -OCH3 is 1. The third kappa shape index (κ3) is 6.08. The minimum atomic E-state index is -4.85. The second-order valence-electron chi connectivity index (χ2n) is 6.07. The average molecular weight is 490 g/mol. The molecule has 2 aromatic rings. The minimum Gasteiger partial charge on any atom is -0.465 e. The van der Waals surface area contributed by atoms with Gasteiger partial charge in [-0.1, -0.05) is 23.7 Å². The van der Waals surface area contributed by atoms with Gasteiger partial charge < -0.3 is 4.74 Å². The van der Waals surface area contributed by atoms with Gasteiger partial charge >= 0.3 is 18.2 Å². The summed E-state index contributed by atoms with van der Waals surface area (Å²) in [5.74, 6) is -1.31. The summed E-state index contributed by atoms with van der Waals surface area (Å²) in [6, 6.07) is 6.73. The highest BCUT2D eigenvalue weighted by Crippen LogP contribution is 2.23. The number of anilines is 1. The molecule has 0 saturated heterocycles. The van der Waals surface area contributed by atoms with E-state index in [1.165, 1.54) is 25.1 Å². The topological polar surface area (TPSA) is 134 Å². The predicted octanol–water partition coefficient (Wildman–Crippen LogP) is 3.83. The van der Waals surface area contributed by atoms with E-state index in [2.05, 4.69) is 19.4 Å². The number of nitrogens with zero attached hydrogens (tertiary/aromatic N) is 3. The van der Waals surface area contributed by atoms with Crippen LogP contribution in [0.15, 0.2) is 39.6 Å². The lowest BCUT2D eigenvalue weighted by molar-refractivity contribution is -0.117. The number of aryl methyl sites for hydroxylation is 1. The van der Waals surface area contributed by atoms with Crippen LogP contribution in [-0.4, -0.2) is 41.0 Å². The zero-order chi connectivity index (χ0) is 24.1. The molecule has 2 rings (SSSR count). The molecule has 1 aromatic carbocycles. The molecule has 0 aliphatic rings. The fourth-order valence-corrected chi connectivity index (χ4v) is 4.34. The third-order valence-electron chi connectivity index (χ3n) is 3.78. The first-order chi connectivity index (χ1) is 14.9. The van der Waals surface area contributed by atoms with Gasteiger partial charge in [-0.3, -0.25) is 5.32 Å². The molecule has 0 bridgehead atoms. The quantitative estimate of drug-likeness (QED) is 0.484. The van der Waals surface area contributed by atoms with Gasteiger partial charge in [-0.2, -0.15) is 18.4 Å². The standard InChI is InChI=1S/C18H15ClF3N5O4S/c1-10-7-14(19)25-15(12(10)8-23)26-17(29)27-32(30,24-9-18(20,21)22)13-6-4-3-5-11(13)16(28)31-2/h3-7H,9H2,1-2H3,(H2,24,25,26,27,29,30). The molecule has 2 N–H and O–H groups in total. The molecule has 0 saturated carbocycles. The summed E-state index contributed by atoms with van der Waals surface area (Å²) in [5.41, 5.74) is -0.0692. The number of rotatable bonds is 5. The molecular formula is C18H15ClF3N5O4S. The highest BCUT2D eigenvalue weighted by molar-refractivity contribution is 7.92. The molecule has 0 radical (unpaired) electrons. The Morgan fingerprint density at radius 1 is 1.34 bits per heavy atom. The van der Waals surface area contributed by atoms with Crippen LogP contribution in [0.1, 0.15) is 21.5 Å². The summed E-state index contributed by atoms with van der Waals surface area (Å²) < 4.78 is 61.4. The van der Waals surface area contributed by atoms with E-state index in [0.717, 1.165) is 19.2 Å². The average Bonchev–Trinajstić information content (AvgIpc) is 2.71. The van der Waals surface area contributed by atoms with Crippen molar-refractivity contribution in [3.63, 3.8) is 0 Å². The fraction of sp³-hybridized carbons (Fsp3) is 0.222. The van der Waals surface area contributed by atoms with Crippen molar-refractivity contribution in [2.75, 3.05) is 19.0 Å². The first-order valence-electron chi connectivity index (χ1n) is 8.53. The first-order valence-corrected chi connectivity index (χ1v) is 10.4. The molecule has 0 aliphatic heterocycles. The van der Waals surface area contributed by atoms with Gasteiger partial charge in [0.25, 0.3) is 0 Å². The van der Waals surface area contributed by atoms with Gasteiger partial charge in [0.2, 0.25) is 0 Å². The number of urea groups is 1. The Kier molecular flexibility index (Phi) is 7.65. The molecule has 0 fully saturated rings. The number of alkyl halides is 3. The van der Waals surface area contributed by atoms with Crippen molar-refractivity contribution in [2.45, 2.75) is 18.0 Å². The van der Waals surface area contributed by atoms with E-state index in [1.807, 2.05) is 4.72 Å². The number of nitriles is 1. The summed E-state index contributed by atoms with van der Waals surface area (Å²) >= 11 is 5.82. The van der Waals surface area contributed by atoms with Crippen LogP contribution in [0.2, 0.25) is 5.15 Å². The Morgan fingerprint density at radius 2 is 2.00 bits per heavy atom. The van der Waals surface area contributed by atoms with Crippen molar-refractivity contribution in [3.8, 4) is 6.07 Å². The van der Waals surface area contributed by atoms with Crippen LogP contribution in [0.3, 0.4) is 0 Å². The smallest absolute Gasteiger partial charge is 0.408 e. The second-order valence-corrected chi connectivity index (χ2v) is 8.41.